The van der Waals surface area contributed by atoms with E-state index in [1.54, 1.807) is 0 Å². The van der Waals surface area contributed by atoms with Crippen LogP contribution in [0.5, 0.6) is 0 Å². The predicted molar refractivity (Wildman–Crippen MR) is 62.1 cm³/mol. The molecule has 0 unspecified atom stereocenters. The van der Waals surface area contributed by atoms with Crippen molar-refractivity contribution in [3.63, 3.8) is 0 Å². The van der Waals surface area contributed by atoms with Gasteiger partial charge in [0, 0.05) is 6.54 Å². The fraction of sp³-hybridized carbons (Fsp3) is 1.00. The fourth-order valence-electron chi connectivity index (χ4n) is 1.97. The summed E-state index contributed by atoms with van der Waals surface area (Å²) >= 11 is 3.35. The Bertz CT molecular complexity index is 194. The van der Waals surface area contributed by atoms with Gasteiger partial charge in [0.25, 0.3) is 0 Å². The first-order chi connectivity index (χ1) is 7.11. The van der Waals surface area contributed by atoms with Gasteiger partial charge in [0.2, 0.25) is 0 Å². The molecule has 0 aromatic heterocycles. The van der Waals surface area contributed by atoms with E-state index in [2.05, 4.69) is 22.9 Å². The van der Waals surface area contributed by atoms with Gasteiger partial charge in [-0.3, -0.25) is 4.90 Å². The molecule has 5 heteroatoms. The maximum atomic E-state index is 9.80. The molecule has 3 N–H and O–H groups in total. The molecule has 1 saturated heterocycles. The van der Waals surface area contributed by atoms with Gasteiger partial charge < -0.3 is 15.3 Å². The topological polar surface area (TPSA) is 63.9 Å². The van der Waals surface area contributed by atoms with E-state index in [-0.39, 0.29) is 17.5 Å². The number of rotatable bonds is 4. The Hall–Kier alpha value is 0.320. The third-order valence-corrected chi connectivity index (χ3v) is 3.81. The summed E-state index contributed by atoms with van der Waals surface area (Å²) in [5, 5.41) is 28.7. The van der Waals surface area contributed by atoms with Crippen LogP contribution in [-0.4, -0.2) is 63.0 Å². The summed E-state index contributed by atoms with van der Waals surface area (Å²) in [6.07, 6.45) is 0.462. The number of nitrogens with zero attached hydrogens (tertiary/aromatic N) is 1. The number of piperidine rings is 1. The highest BCUT2D eigenvalue weighted by atomic mass is 79.9. The first-order valence-electron chi connectivity index (χ1n) is 5.47. The lowest BCUT2D eigenvalue weighted by Gasteiger charge is -2.43. The highest BCUT2D eigenvalue weighted by molar-refractivity contribution is 9.09. The number of aliphatic hydroxyl groups is 3. The molecule has 0 spiro atoms. The monoisotopic (exact) mass is 281 g/mol. The number of hydrogen-bond acceptors (Lipinski definition) is 4. The van der Waals surface area contributed by atoms with Crippen LogP contribution in [0.3, 0.4) is 0 Å². The maximum Gasteiger partial charge on any atom is 0.0987 e. The number of likely N-dealkylation sites (tertiary alicyclic amines) is 1. The van der Waals surface area contributed by atoms with Gasteiger partial charge in [-0.15, -0.1) is 0 Å². The van der Waals surface area contributed by atoms with E-state index in [0.29, 0.717) is 6.54 Å². The Morgan fingerprint density at radius 3 is 2.53 bits per heavy atom. The molecule has 1 rings (SSSR count). The average Bonchev–Trinajstić information content (AvgIpc) is 2.23. The Kier molecular flexibility index (Phi) is 5.49. The number of aliphatic hydroxyl groups excluding tert-OH is 3. The first kappa shape index (κ1) is 13.4. The van der Waals surface area contributed by atoms with Gasteiger partial charge in [-0.1, -0.05) is 29.3 Å². The van der Waals surface area contributed by atoms with Crippen molar-refractivity contribution in [2.45, 2.75) is 42.8 Å². The summed E-state index contributed by atoms with van der Waals surface area (Å²) in [5.74, 6) is 0. The average molecular weight is 282 g/mol. The Morgan fingerprint density at radius 2 is 2.00 bits per heavy atom. The van der Waals surface area contributed by atoms with Crippen molar-refractivity contribution < 1.29 is 15.3 Å². The van der Waals surface area contributed by atoms with Crippen LogP contribution in [-0.2, 0) is 0 Å². The van der Waals surface area contributed by atoms with E-state index in [0.717, 1.165) is 19.4 Å². The summed E-state index contributed by atoms with van der Waals surface area (Å²) in [6, 6.07) is -0.333. The van der Waals surface area contributed by atoms with Crippen LogP contribution in [0.15, 0.2) is 0 Å². The minimum Gasteiger partial charge on any atom is -0.395 e. The van der Waals surface area contributed by atoms with Crippen molar-refractivity contribution in [1.82, 2.24) is 4.90 Å². The van der Waals surface area contributed by atoms with E-state index < -0.39 is 12.2 Å². The lowest BCUT2D eigenvalue weighted by atomic mass is 9.96. The molecule has 0 radical (unpaired) electrons. The third-order valence-electron chi connectivity index (χ3n) is 2.98. The predicted octanol–water partition coefficient (Wildman–Crippen LogP) is -0.0517. The van der Waals surface area contributed by atoms with Crippen molar-refractivity contribution in [2.75, 3.05) is 19.7 Å². The zero-order valence-corrected chi connectivity index (χ0v) is 10.6. The van der Waals surface area contributed by atoms with Crippen molar-refractivity contribution in [3.8, 4) is 0 Å². The van der Waals surface area contributed by atoms with Crippen molar-refractivity contribution in [1.29, 1.82) is 0 Å². The molecule has 1 aliphatic rings. The van der Waals surface area contributed by atoms with Gasteiger partial charge >= 0.3 is 0 Å². The molecule has 0 bridgehead atoms. The van der Waals surface area contributed by atoms with Crippen molar-refractivity contribution in [2.24, 2.45) is 0 Å². The van der Waals surface area contributed by atoms with Crippen molar-refractivity contribution in [3.05, 3.63) is 0 Å². The molecule has 1 fully saturated rings. The van der Waals surface area contributed by atoms with E-state index in [1.165, 1.54) is 0 Å². The van der Waals surface area contributed by atoms with Crippen LogP contribution in [0.2, 0.25) is 0 Å². The second kappa shape index (κ2) is 6.15. The minimum atomic E-state index is -0.870. The SMILES string of the molecule is CCCCN1C[C@H](Br)[C@@H](O)[C@H](O)[C@H]1CO. The summed E-state index contributed by atoms with van der Waals surface area (Å²) in [6.45, 7) is 3.52. The quantitative estimate of drug-likeness (QED) is 0.633. The van der Waals surface area contributed by atoms with E-state index in [9.17, 15) is 15.3 Å². The molecule has 1 heterocycles. The molecule has 4 nitrogen and oxygen atoms in total. The highest BCUT2D eigenvalue weighted by Gasteiger charge is 2.40. The second-order valence-corrected chi connectivity index (χ2v) is 5.27. The smallest absolute Gasteiger partial charge is 0.0987 e. The molecule has 0 aromatic rings. The van der Waals surface area contributed by atoms with Gasteiger partial charge in [-0.05, 0) is 13.0 Å². The van der Waals surface area contributed by atoms with Gasteiger partial charge in [-0.2, -0.15) is 0 Å². The normalized spacial score (nSPS) is 38.2. The molecule has 1 aliphatic heterocycles. The van der Waals surface area contributed by atoms with Crippen LogP contribution in [0, 0.1) is 0 Å². The molecule has 15 heavy (non-hydrogen) atoms. The Balaban J connectivity index is 2.60. The van der Waals surface area contributed by atoms with Gasteiger partial charge in [-0.25, -0.2) is 0 Å². The largest absolute Gasteiger partial charge is 0.395 e. The van der Waals surface area contributed by atoms with Crippen LogP contribution in [0.4, 0.5) is 0 Å². The van der Waals surface area contributed by atoms with Gasteiger partial charge in [0.05, 0.1) is 29.7 Å². The molecule has 0 aliphatic carbocycles. The fourth-order valence-corrected chi connectivity index (χ4v) is 2.65. The molecule has 0 amide bonds. The van der Waals surface area contributed by atoms with Crippen LogP contribution in [0.25, 0.3) is 0 Å². The van der Waals surface area contributed by atoms with Gasteiger partial charge in [0.1, 0.15) is 0 Å². The number of halogens is 1. The van der Waals surface area contributed by atoms with Gasteiger partial charge in [0.15, 0.2) is 0 Å². The van der Waals surface area contributed by atoms with Crippen molar-refractivity contribution >= 4 is 15.9 Å². The lowest BCUT2D eigenvalue weighted by Crippen LogP contribution is -2.61. The molecule has 0 saturated carbocycles. The van der Waals surface area contributed by atoms with E-state index in [1.807, 2.05) is 4.90 Å². The number of hydrogen-bond donors (Lipinski definition) is 3. The summed E-state index contributed by atoms with van der Waals surface area (Å²) in [5.41, 5.74) is 0. The molecule has 4 atom stereocenters. The van der Waals surface area contributed by atoms with Crippen LogP contribution >= 0.6 is 15.9 Å². The Labute approximate surface area is 99.0 Å². The standard InChI is InChI=1S/C10H20BrNO3/c1-2-3-4-12-5-7(11)9(14)10(15)8(12)6-13/h7-10,13-15H,2-6H2,1H3/t7-,8+,9+,10+/m0/s1. The number of alkyl halides is 1. The zero-order valence-electron chi connectivity index (χ0n) is 9.01. The number of unbranched alkanes of at least 4 members (excludes halogenated alkanes) is 1. The highest BCUT2D eigenvalue weighted by Crippen LogP contribution is 2.23. The maximum absolute atomic E-state index is 9.80. The van der Waals surface area contributed by atoms with E-state index >= 15 is 0 Å². The van der Waals surface area contributed by atoms with Crippen LogP contribution in [0.1, 0.15) is 19.8 Å². The molecular formula is C10H20BrNO3. The third kappa shape index (κ3) is 3.14. The first-order valence-corrected chi connectivity index (χ1v) is 6.38. The summed E-state index contributed by atoms with van der Waals surface area (Å²) in [7, 11) is 0. The molecule has 90 valence electrons. The Morgan fingerprint density at radius 1 is 1.33 bits per heavy atom. The molecular weight excluding hydrogens is 262 g/mol. The van der Waals surface area contributed by atoms with E-state index in [4.69, 9.17) is 0 Å². The summed E-state index contributed by atoms with van der Waals surface area (Å²) < 4.78 is 0. The second-order valence-electron chi connectivity index (χ2n) is 4.10. The lowest BCUT2D eigenvalue weighted by molar-refractivity contribution is -0.0847. The summed E-state index contributed by atoms with van der Waals surface area (Å²) in [4.78, 5) is 1.92. The molecule has 0 aromatic carbocycles. The minimum absolute atomic E-state index is 0.109. The van der Waals surface area contributed by atoms with Crippen LogP contribution < -0.4 is 0 Å². The zero-order chi connectivity index (χ0) is 11.4.